The average Bonchev–Trinajstić information content (AvgIpc) is 3.33. The summed E-state index contributed by atoms with van der Waals surface area (Å²) in [6, 6.07) is 12.4. The maximum atomic E-state index is 4.57. The fourth-order valence-electron chi connectivity index (χ4n) is 3.05. The van der Waals surface area contributed by atoms with Crippen LogP contribution < -0.4 is 0 Å². The summed E-state index contributed by atoms with van der Waals surface area (Å²) in [4.78, 5) is 8.83. The number of aryl methyl sites for hydroxylation is 1. The number of benzene rings is 1. The molecule has 0 bridgehead atoms. The van der Waals surface area contributed by atoms with E-state index in [2.05, 4.69) is 68.2 Å². The van der Waals surface area contributed by atoms with E-state index >= 15 is 0 Å². The summed E-state index contributed by atoms with van der Waals surface area (Å²) in [6.45, 7) is 6.44. The van der Waals surface area contributed by atoms with E-state index in [4.69, 9.17) is 0 Å². The molecule has 7 heteroatoms. The van der Waals surface area contributed by atoms with E-state index in [0.717, 1.165) is 38.7 Å². The van der Waals surface area contributed by atoms with Gasteiger partial charge in [0, 0.05) is 29.1 Å². The van der Waals surface area contributed by atoms with E-state index in [1.165, 1.54) is 5.56 Å². The molecule has 0 saturated heterocycles. The zero-order valence-corrected chi connectivity index (χ0v) is 17.7. The zero-order chi connectivity index (χ0) is 19.5. The van der Waals surface area contributed by atoms with Crippen molar-refractivity contribution in [2.45, 2.75) is 37.6 Å². The van der Waals surface area contributed by atoms with E-state index in [9.17, 15) is 0 Å². The van der Waals surface area contributed by atoms with Crippen LogP contribution >= 0.6 is 23.1 Å². The van der Waals surface area contributed by atoms with Crippen LogP contribution in [0.5, 0.6) is 0 Å². The molecule has 3 heterocycles. The maximum Gasteiger partial charge on any atom is 0.196 e. The number of thioether (sulfide) groups is 1. The Balaban J connectivity index is 1.80. The number of rotatable bonds is 6. The highest BCUT2D eigenvalue weighted by atomic mass is 32.2. The molecule has 28 heavy (non-hydrogen) atoms. The molecular weight excluding hydrogens is 386 g/mol. The predicted octanol–water partition coefficient (Wildman–Crippen LogP) is 5.51. The van der Waals surface area contributed by atoms with Crippen LogP contribution in [-0.4, -0.2) is 24.7 Å². The lowest BCUT2D eigenvalue weighted by Crippen LogP contribution is -2.05. The lowest BCUT2D eigenvalue weighted by atomic mass is 10.0. The van der Waals surface area contributed by atoms with Gasteiger partial charge in [0.05, 0.1) is 16.4 Å². The van der Waals surface area contributed by atoms with E-state index in [-0.39, 0.29) is 0 Å². The fraction of sp³-hybridized carbons (Fsp3) is 0.238. The van der Waals surface area contributed by atoms with Gasteiger partial charge < -0.3 is 0 Å². The second kappa shape index (κ2) is 8.24. The van der Waals surface area contributed by atoms with Gasteiger partial charge in [-0.05, 0) is 36.6 Å². The number of pyridine rings is 1. The monoisotopic (exact) mass is 407 g/mol. The Hall–Kier alpha value is -2.51. The van der Waals surface area contributed by atoms with Crippen molar-refractivity contribution in [3.05, 3.63) is 70.4 Å². The Morgan fingerprint density at radius 3 is 2.68 bits per heavy atom. The summed E-state index contributed by atoms with van der Waals surface area (Å²) in [5, 5.41) is 13.1. The second-order valence-electron chi connectivity index (χ2n) is 6.74. The molecule has 0 aliphatic rings. The van der Waals surface area contributed by atoms with Crippen molar-refractivity contribution < 1.29 is 0 Å². The minimum atomic E-state index is 0.388. The highest BCUT2D eigenvalue weighted by Gasteiger charge is 2.19. The highest BCUT2D eigenvalue weighted by Crippen LogP contribution is 2.33. The Bertz CT molecular complexity index is 1070. The quantitative estimate of drug-likeness (QED) is 0.395. The Labute approximate surface area is 172 Å². The third kappa shape index (κ3) is 3.86. The van der Waals surface area contributed by atoms with Crippen LogP contribution in [0.15, 0.2) is 59.3 Å². The normalized spacial score (nSPS) is 11.3. The topological polar surface area (TPSA) is 56.5 Å². The van der Waals surface area contributed by atoms with Crippen LogP contribution in [0, 0.1) is 6.92 Å². The van der Waals surface area contributed by atoms with E-state index in [1.54, 1.807) is 29.3 Å². The van der Waals surface area contributed by atoms with Crippen molar-refractivity contribution in [3.63, 3.8) is 0 Å². The van der Waals surface area contributed by atoms with Crippen molar-refractivity contribution >= 4 is 23.1 Å². The Kier molecular flexibility index (Phi) is 5.54. The molecule has 0 spiro atoms. The summed E-state index contributed by atoms with van der Waals surface area (Å²) < 4.78 is 2.15. The van der Waals surface area contributed by atoms with Gasteiger partial charge in [-0.25, -0.2) is 4.98 Å². The predicted molar refractivity (Wildman–Crippen MR) is 115 cm³/mol. The summed E-state index contributed by atoms with van der Waals surface area (Å²) in [5.74, 6) is 1.96. The van der Waals surface area contributed by atoms with E-state index in [0.29, 0.717) is 5.92 Å². The first-order chi connectivity index (χ1) is 13.6. The van der Waals surface area contributed by atoms with Crippen molar-refractivity contribution in [1.29, 1.82) is 0 Å². The van der Waals surface area contributed by atoms with Gasteiger partial charge in [0.25, 0.3) is 0 Å². The van der Waals surface area contributed by atoms with Crippen molar-refractivity contribution in [2.24, 2.45) is 0 Å². The average molecular weight is 408 g/mol. The summed E-state index contributed by atoms with van der Waals surface area (Å²) >= 11 is 3.33. The van der Waals surface area contributed by atoms with Gasteiger partial charge >= 0.3 is 0 Å². The molecule has 142 valence electrons. The number of aromatic nitrogens is 5. The highest BCUT2D eigenvalue weighted by molar-refractivity contribution is 7.98. The largest absolute Gasteiger partial charge is 0.270 e. The van der Waals surface area contributed by atoms with E-state index in [1.807, 2.05) is 25.3 Å². The molecule has 3 aromatic heterocycles. The van der Waals surface area contributed by atoms with Crippen LogP contribution in [0.4, 0.5) is 0 Å². The lowest BCUT2D eigenvalue weighted by molar-refractivity contribution is 0.818. The standard InChI is InChI=1S/C21H21N5S2/c1-14(2)18-8-4-5-9-19(18)26-20(16-7-6-10-22-11-16)24-25-21(26)28-13-17-12-27-15(3)23-17/h4-12,14H,13H2,1-3H3. The number of thiazole rings is 1. The Morgan fingerprint density at radius 1 is 1.11 bits per heavy atom. The third-order valence-corrected chi connectivity index (χ3v) is 6.15. The fourth-order valence-corrected chi connectivity index (χ4v) is 4.61. The first-order valence-corrected chi connectivity index (χ1v) is 11.0. The van der Waals surface area contributed by atoms with Gasteiger partial charge in [-0.1, -0.05) is 43.8 Å². The number of hydrogen-bond donors (Lipinski definition) is 0. The second-order valence-corrected chi connectivity index (χ2v) is 8.75. The molecule has 0 saturated carbocycles. The van der Waals surface area contributed by atoms with Gasteiger partial charge in [-0.2, -0.15) is 0 Å². The third-order valence-electron chi connectivity index (χ3n) is 4.37. The smallest absolute Gasteiger partial charge is 0.196 e. The minimum Gasteiger partial charge on any atom is -0.270 e. The molecule has 5 nitrogen and oxygen atoms in total. The van der Waals surface area contributed by atoms with Gasteiger partial charge in [0.15, 0.2) is 11.0 Å². The molecule has 1 aromatic carbocycles. The molecule has 4 aromatic rings. The molecule has 0 unspecified atom stereocenters. The van der Waals surface area contributed by atoms with Gasteiger partial charge in [-0.15, -0.1) is 21.5 Å². The van der Waals surface area contributed by atoms with Crippen molar-refractivity contribution in [1.82, 2.24) is 24.7 Å². The van der Waals surface area contributed by atoms with Crippen LogP contribution in [0.25, 0.3) is 17.1 Å². The van der Waals surface area contributed by atoms with E-state index < -0.39 is 0 Å². The first kappa shape index (κ1) is 18.8. The van der Waals surface area contributed by atoms with Gasteiger partial charge in [0.1, 0.15) is 0 Å². The molecule has 0 radical (unpaired) electrons. The molecule has 4 rings (SSSR count). The number of hydrogen-bond acceptors (Lipinski definition) is 6. The molecule has 0 aliphatic heterocycles. The summed E-state index contributed by atoms with van der Waals surface area (Å²) in [7, 11) is 0. The molecular formula is C21H21N5S2. The molecule has 0 amide bonds. The van der Waals surface area contributed by atoms with Crippen LogP contribution in [0.3, 0.4) is 0 Å². The van der Waals surface area contributed by atoms with Gasteiger partial charge in [0.2, 0.25) is 0 Å². The summed E-state index contributed by atoms with van der Waals surface area (Å²) in [6.07, 6.45) is 3.60. The Morgan fingerprint density at radius 2 is 1.96 bits per heavy atom. The SMILES string of the molecule is Cc1nc(CSc2nnc(-c3cccnc3)n2-c2ccccc2C(C)C)cs1. The van der Waals surface area contributed by atoms with Gasteiger partial charge in [-0.3, -0.25) is 9.55 Å². The molecule has 0 fully saturated rings. The maximum absolute atomic E-state index is 4.57. The molecule has 0 atom stereocenters. The van der Waals surface area contributed by atoms with Crippen LogP contribution in [0.1, 0.15) is 36.0 Å². The minimum absolute atomic E-state index is 0.388. The van der Waals surface area contributed by atoms with Crippen LogP contribution in [0.2, 0.25) is 0 Å². The summed E-state index contributed by atoms with van der Waals surface area (Å²) in [5.41, 5.74) is 4.39. The molecule has 0 N–H and O–H groups in total. The molecule has 0 aliphatic carbocycles. The lowest BCUT2D eigenvalue weighted by Gasteiger charge is -2.16. The first-order valence-electron chi connectivity index (χ1n) is 9.12. The number of nitrogens with zero attached hydrogens (tertiary/aromatic N) is 5. The van der Waals surface area contributed by atoms with Crippen LogP contribution in [-0.2, 0) is 5.75 Å². The van der Waals surface area contributed by atoms with Crippen molar-refractivity contribution in [3.8, 4) is 17.1 Å². The van der Waals surface area contributed by atoms with Crippen molar-refractivity contribution in [2.75, 3.05) is 0 Å². The zero-order valence-electron chi connectivity index (χ0n) is 16.0. The number of para-hydroxylation sites is 1.